The second-order valence-electron chi connectivity index (χ2n) is 6.49. The normalized spacial score (nSPS) is 11.2. The Bertz CT molecular complexity index is 1390. The topological polar surface area (TPSA) is 73.6 Å². The number of pyridine rings is 1. The molecule has 5 aromatic rings. The summed E-state index contributed by atoms with van der Waals surface area (Å²) in [5.74, 6) is 0.886. The number of hydrogen-bond acceptors (Lipinski definition) is 5. The molecule has 0 bridgehead atoms. The van der Waals surface area contributed by atoms with Gasteiger partial charge in [0.05, 0.1) is 28.4 Å². The summed E-state index contributed by atoms with van der Waals surface area (Å²) < 4.78 is 2.08. The van der Waals surface area contributed by atoms with E-state index in [9.17, 15) is 4.79 Å². The average molecular weight is 365 g/mol. The fourth-order valence-corrected chi connectivity index (χ4v) is 3.39. The summed E-state index contributed by atoms with van der Waals surface area (Å²) in [6.07, 6.45) is 3.52. The van der Waals surface area contributed by atoms with Crippen molar-refractivity contribution in [1.29, 1.82) is 0 Å². The first-order valence-corrected chi connectivity index (χ1v) is 8.87. The quantitative estimate of drug-likeness (QED) is 0.477. The SMILES string of the molecule is Cc1nc2cnccc2n1-c1ccc(-c2cc(=O)nc3ccccc3n2)cc1. The number of imidazole rings is 1. The van der Waals surface area contributed by atoms with Gasteiger partial charge in [0.2, 0.25) is 0 Å². The standard InChI is InChI=1S/C22H15N5O/c1-14-24-20-13-23-11-10-21(20)27(14)16-8-6-15(7-9-16)19-12-22(28)26-18-5-3-2-4-17(18)25-19/h2-13H,1H3. The summed E-state index contributed by atoms with van der Waals surface area (Å²) in [6.45, 7) is 1.97. The van der Waals surface area contributed by atoms with Gasteiger partial charge in [0.25, 0.3) is 5.56 Å². The molecule has 0 saturated carbocycles. The van der Waals surface area contributed by atoms with Crippen molar-refractivity contribution in [2.75, 3.05) is 0 Å². The number of para-hydroxylation sites is 2. The summed E-state index contributed by atoms with van der Waals surface area (Å²) in [4.78, 5) is 29.6. The van der Waals surface area contributed by atoms with E-state index in [0.717, 1.165) is 28.1 Å². The predicted molar refractivity (Wildman–Crippen MR) is 108 cm³/mol. The lowest BCUT2D eigenvalue weighted by Gasteiger charge is -2.08. The van der Waals surface area contributed by atoms with Crippen LogP contribution in [0.1, 0.15) is 5.82 Å². The molecule has 0 fully saturated rings. The van der Waals surface area contributed by atoms with E-state index in [1.54, 1.807) is 18.5 Å². The third-order valence-corrected chi connectivity index (χ3v) is 4.66. The summed E-state index contributed by atoms with van der Waals surface area (Å²) in [6, 6.07) is 18.7. The van der Waals surface area contributed by atoms with Crippen LogP contribution in [0.15, 0.2) is 77.9 Å². The second-order valence-corrected chi connectivity index (χ2v) is 6.49. The molecule has 0 N–H and O–H groups in total. The third-order valence-electron chi connectivity index (χ3n) is 4.66. The molecule has 6 heteroatoms. The molecule has 0 aliphatic heterocycles. The van der Waals surface area contributed by atoms with Crippen molar-refractivity contribution in [2.24, 2.45) is 0 Å². The van der Waals surface area contributed by atoms with Crippen LogP contribution in [0.5, 0.6) is 0 Å². The average Bonchev–Trinajstić information content (AvgIpc) is 2.94. The van der Waals surface area contributed by atoms with Crippen LogP contribution in [0, 0.1) is 6.92 Å². The van der Waals surface area contributed by atoms with E-state index in [2.05, 4.69) is 24.5 Å². The van der Waals surface area contributed by atoms with Crippen molar-refractivity contribution in [2.45, 2.75) is 6.92 Å². The Hall–Kier alpha value is -3.93. The van der Waals surface area contributed by atoms with E-state index < -0.39 is 0 Å². The third kappa shape index (κ3) is 2.72. The molecule has 0 unspecified atom stereocenters. The largest absolute Gasteiger partial charge is 0.296 e. The van der Waals surface area contributed by atoms with Crippen molar-refractivity contribution >= 4 is 22.1 Å². The Kier molecular flexibility index (Phi) is 3.69. The Balaban J connectivity index is 1.64. The van der Waals surface area contributed by atoms with Crippen molar-refractivity contribution in [1.82, 2.24) is 24.5 Å². The molecular weight excluding hydrogens is 350 g/mol. The molecule has 6 nitrogen and oxygen atoms in total. The molecule has 0 atom stereocenters. The van der Waals surface area contributed by atoms with Crippen LogP contribution in [-0.2, 0) is 0 Å². The van der Waals surface area contributed by atoms with Crippen molar-refractivity contribution in [3.63, 3.8) is 0 Å². The van der Waals surface area contributed by atoms with Crippen LogP contribution in [0.2, 0.25) is 0 Å². The van der Waals surface area contributed by atoms with Gasteiger partial charge in [0.1, 0.15) is 11.3 Å². The van der Waals surface area contributed by atoms with Gasteiger partial charge in [0.15, 0.2) is 0 Å². The van der Waals surface area contributed by atoms with E-state index in [1.165, 1.54) is 6.07 Å². The molecule has 3 heterocycles. The fraction of sp³-hybridized carbons (Fsp3) is 0.0455. The Morgan fingerprint density at radius 3 is 2.36 bits per heavy atom. The van der Waals surface area contributed by atoms with Crippen LogP contribution in [0.25, 0.3) is 39.0 Å². The summed E-state index contributed by atoms with van der Waals surface area (Å²) in [5.41, 5.74) is 5.26. The van der Waals surface area contributed by atoms with Crippen LogP contribution in [0.4, 0.5) is 0 Å². The second kappa shape index (κ2) is 6.35. The van der Waals surface area contributed by atoms with Crippen LogP contribution >= 0.6 is 0 Å². The van der Waals surface area contributed by atoms with Gasteiger partial charge in [0, 0.05) is 23.5 Å². The smallest absolute Gasteiger partial charge is 0.272 e. The van der Waals surface area contributed by atoms with Crippen LogP contribution in [-0.4, -0.2) is 24.5 Å². The maximum atomic E-state index is 12.2. The molecule has 2 aromatic carbocycles. The number of fused-ring (bicyclic) bond motifs is 2. The fourth-order valence-electron chi connectivity index (χ4n) is 3.39. The lowest BCUT2D eigenvalue weighted by Crippen LogP contribution is -1.99. The van der Waals surface area contributed by atoms with Gasteiger partial charge in [-0.1, -0.05) is 24.3 Å². The van der Waals surface area contributed by atoms with Gasteiger partial charge in [-0.3, -0.25) is 14.3 Å². The van der Waals surface area contributed by atoms with E-state index in [0.29, 0.717) is 16.7 Å². The van der Waals surface area contributed by atoms with Gasteiger partial charge in [-0.2, -0.15) is 0 Å². The highest BCUT2D eigenvalue weighted by atomic mass is 16.1. The molecule has 3 aromatic heterocycles. The highest BCUT2D eigenvalue weighted by Crippen LogP contribution is 2.23. The zero-order valence-electron chi connectivity index (χ0n) is 15.1. The maximum Gasteiger partial charge on any atom is 0.272 e. The van der Waals surface area contributed by atoms with E-state index >= 15 is 0 Å². The minimum absolute atomic E-state index is 0.309. The summed E-state index contributed by atoms with van der Waals surface area (Å²) in [5, 5.41) is 0. The molecule has 5 rings (SSSR count). The van der Waals surface area contributed by atoms with E-state index in [1.807, 2.05) is 55.5 Å². The molecule has 0 spiro atoms. The van der Waals surface area contributed by atoms with Crippen molar-refractivity contribution in [3.8, 4) is 16.9 Å². The number of aromatic nitrogens is 5. The number of aryl methyl sites for hydroxylation is 1. The Morgan fingerprint density at radius 2 is 1.57 bits per heavy atom. The predicted octanol–water partition coefficient (Wildman–Crippen LogP) is 3.70. The molecule has 0 saturated heterocycles. The van der Waals surface area contributed by atoms with E-state index in [4.69, 9.17) is 0 Å². The highest BCUT2D eigenvalue weighted by Gasteiger charge is 2.10. The minimum Gasteiger partial charge on any atom is -0.296 e. The first-order chi connectivity index (χ1) is 13.7. The molecular formula is C22H15N5O. The molecule has 134 valence electrons. The van der Waals surface area contributed by atoms with Gasteiger partial charge in [-0.15, -0.1) is 0 Å². The van der Waals surface area contributed by atoms with E-state index in [-0.39, 0.29) is 5.56 Å². The van der Waals surface area contributed by atoms with Gasteiger partial charge in [-0.05, 0) is 37.3 Å². The van der Waals surface area contributed by atoms with Gasteiger partial charge in [-0.25, -0.2) is 15.0 Å². The Labute approximate surface area is 160 Å². The monoisotopic (exact) mass is 365 g/mol. The summed E-state index contributed by atoms with van der Waals surface area (Å²) >= 11 is 0. The molecule has 0 radical (unpaired) electrons. The highest BCUT2D eigenvalue weighted by molar-refractivity contribution is 5.78. The first kappa shape index (κ1) is 16.3. The number of benzene rings is 2. The molecule has 0 amide bonds. The zero-order chi connectivity index (χ0) is 19.1. The lowest BCUT2D eigenvalue weighted by molar-refractivity contribution is 1.00. The van der Waals surface area contributed by atoms with Gasteiger partial charge >= 0.3 is 0 Å². The number of nitrogens with zero attached hydrogens (tertiary/aromatic N) is 5. The molecule has 0 aliphatic rings. The molecule has 28 heavy (non-hydrogen) atoms. The first-order valence-electron chi connectivity index (χ1n) is 8.87. The number of hydrogen-bond donors (Lipinski definition) is 0. The molecule has 0 aliphatic carbocycles. The maximum absolute atomic E-state index is 12.2. The van der Waals surface area contributed by atoms with Crippen LogP contribution in [0.3, 0.4) is 0 Å². The Morgan fingerprint density at radius 1 is 0.821 bits per heavy atom. The zero-order valence-corrected chi connectivity index (χ0v) is 15.1. The van der Waals surface area contributed by atoms with Crippen molar-refractivity contribution in [3.05, 3.63) is 89.2 Å². The van der Waals surface area contributed by atoms with Gasteiger partial charge < -0.3 is 0 Å². The lowest BCUT2D eigenvalue weighted by atomic mass is 10.1. The number of rotatable bonds is 2. The summed E-state index contributed by atoms with van der Waals surface area (Å²) in [7, 11) is 0. The van der Waals surface area contributed by atoms with Crippen LogP contribution < -0.4 is 5.56 Å². The van der Waals surface area contributed by atoms with Crippen molar-refractivity contribution < 1.29 is 0 Å². The minimum atomic E-state index is -0.309.